The average molecular weight is 183 g/mol. The van der Waals surface area contributed by atoms with Crippen molar-refractivity contribution in [3.8, 4) is 0 Å². The number of nitrogens with one attached hydrogen (secondary N) is 1. The van der Waals surface area contributed by atoms with Crippen molar-refractivity contribution in [3.63, 3.8) is 0 Å². The van der Waals surface area contributed by atoms with E-state index in [1.807, 2.05) is 0 Å². The number of hydrogen-bond donors (Lipinski definition) is 1. The summed E-state index contributed by atoms with van der Waals surface area (Å²) in [5.41, 5.74) is 0. The van der Waals surface area contributed by atoms with Crippen LogP contribution in [0.25, 0.3) is 0 Å². The number of hydrogen-bond acceptors (Lipinski definition) is 2. The molecule has 1 aliphatic carbocycles. The van der Waals surface area contributed by atoms with E-state index in [4.69, 9.17) is 4.74 Å². The number of ether oxygens (including phenoxy) is 1. The predicted molar refractivity (Wildman–Crippen MR) is 53.7 cm³/mol. The molecule has 1 saturated heterocycles. The van der Waals surface area contributed by atoms with Gasteiger partial charge in [-0.1, -0.05) is 6.92 Å². The topological polar surface area (TPSA) is 21.3 Å². The maximum Gasteiger partial charge on any atom is 0.0510 e. The molecule has 2 nitrogen and oxygen atoms in total. The van der Waals surface area contributed by atoms with E-state index in [0.717, 1.165) is 31.0 Å². The first-order valence-electron chi connectivity index (χ1n) is 5.58. The lowest BCUT2D eigenvalue weighted by Gasteiger charge is -2.28. The summed E-state index contributed by atoms with van der Waals surface area (Å²) >= 11 is 0. The van der Waals surface area contributed by atoms with Crippen molar-refractivity contribution in [3.05, 3.63) is 0 Å². The van der Waals surface area contributed by atoms with Crippen LogP contribution in [-0.4, -0.2) is 26.3 Å². The fraction of sp³-hybridized carbons (Fsp3) is 1.00. The van der Waals surface area contributed by atoms with Crippen molar-refractivity contribution in [2.45, 2.75) is 32.2 Å². The van der Waals surface area contributed by atoms with Crippen LogP contribution in [0, 0.1) is 17.8 Å². The van der Waals surface area contributed by atoms with Gasteiger partial charge in [-0.15, -0.1) is 0 Å². The van der Waals surface area contributed by atoms with Gasteiger partial charge >= 0.3 is 0 Å². The van der Waals surface area contributed by atoms with Crippen LogP contribution in [0.5, 0.6) is 0 Å². The largest absolute Gasteiger partial charge is 0.381 e. The highest BCUT2D eigenvalue weighted by Crippen LogP contribution is 2.40. The van der Waals surface area contributed by atoms with Crippen LogP contribution in [0.3, 0.4) is 0 Å². The highest BCUT2D eigenvalue weighted by Gasteiger charge is 2.37. The molecule has 0 spiro atoms. The van der Waals surface area contributed by atoms with E-state index < -0.39 is 0 Å². The van der Waals surface area contributed by atoms with Gasteiger partial charge in [-0.05, 0) is 38.1 Å². The van der Waals surface area contributed by atoms with Gasteiger partial charge in [0.1, 0.15) is 0 Å². The van der Waals surface area contributed by atoms with Crippen LogP contribution in [0.2, 0.25) is 0 Å². The number of rotatable bonds is 4. The normalized spacial score (nSPS) is 33.2. The molecule has 1 saturated carbocycles. The van der Waals surface area contributed by atoms with Crippen molar-refractivity contribution in [1.82, 2.24) is 5.32 Å². The molecule has 0 radical (unpaired) electrons. The van der Waals surface area contributed by atoms with Crippen LogP contribution in [-0.2, 0) is 4.74 Å². The third-order valence-electron chi connectivity index (χ3n) is 3.74. The van der Waals surface area contributed by atoms with Gasteiger partial charge in [-0.25, -0.2) is 0 Å². The van der Waals surface area contributed by atoms with Crippen LogP contribution in [0.1, 0.15) is 26.2 Å². The average Bonchev–Trinajstić information content (AvgIpc) is 2.86. The first-order chi connectivity index (χ1) is 6.33. The zero-order valence-electron chi connectivity index (χ0n) is 8.75. The van der Waals surface area contributed by atoms with Gasteiger partial charge in [-0.3, -0.25) is 0 Å². The summed E-state index contributed by atoms with van der Waals surface area (Å²) in [5.74, 6) is 2.61. The van der Waals surface area contributed by atoms with Gasteiger partial charge in [0.2, 0.25) is 0 Å². The van der Waals surface area contributed by atoms with Gasteiger partial charge in [0.05, 0.1) is 6.61 Å². The van der Waals surface area contributed by atoms with Gasteiger partial charge in [0, 0.05) is 18.6 Å². The van der Waals surface area contributed by atoms with Crippen LogP contribution >= 0.6 is 0 Å². The maximum absolute atomic E-state index is 5.45. The molecule has 2 aliphatic rings. The van der Waals surface area contributed by atoms with E-state index >= 15 is 0 Å². The van der Waals surface area contributed by atoms with Crippen molar-refractivity contribution in [1.29, 1.82) is 0 Å². The molecule has 0 aromatic rings. The second-order valence-corrected chi connectivity index (χ2v) is 4.63. The SMILES string of the molecule is CNC(C1CCOC1)C(C)C1CC1. The van der Waals surface area contributed by atoms with Crippen molar-refractivity contribution in [2.75, 3.05) is 20.3 Å². The molecule has 0 bridgehead atoms. The van der Waals surface area contributed by atoms with Crippen LogP contribution in [0.15, 0.2) is 0 Å². The highest BCUT2D eigenvalue weighted by molar-refractivity contribution is 4.90. The van der Waals surface area contributed by atoms with E-state index in [1.165, 1.54) is 19.3 Å². The fourth-order valence-electron chi connectivity index (χ4n) is 2.68. The molecule has 0 aromatic carbocycles. The van der Waals surface area contributed by atoms with E-state index in [2.05, 4.69) is 19.3 Å². The van der Waals surface area contributed by atoms with Crippen molar-refractivity contribution >= 4 is 0 Å². The standard InChI is InChI=1S/C11H21NO/c1-8(9-3-4-9)11(12-2)10-5-6-13-7-10/h8-12H,3-7H2,1-2H3. The minimum Gasteiger partial charge on any atom is -0.381 e. The molecule has 2 rings (SSSR count). The van der Waals surface area contributed by atoms with E-state index in [1.54, 1.807) is 0 Å². The Hall–Kier alpha value is -0.0800. The predicted octanol–water partition coefficient (Wildman–Crippen LogP) is 1.66. The Morgan fingerprint density at radius 1 is 1.23 bits per heavy atom. The van der Waals surface area contributed by atoms with Crippen LogP contribution in [0.4, 0.5) is 0 Å². The second kappa shape index (κ2) is 3.97. The van der Waals surface area contributed by atoms with E-state index in [9.17, 15) is 0 Å². The second-order valence-electron chi connectivity index (χ2n) is 4.63. The fourth-order valence-corrected chi connectivity index (χ4v) is 2.68. The molecule has 13 heavy (non-hydrogen) atoms. The quantitative estimate of drug-likeness (QED) is 0.715. The molecule has 1 heterocycles. The van der Waals surface area contributed by atoms with Gasteiger partial charge < -0.3 is 10.1 Å². The Morgan fingerprint density at radius 2 is 2.00 bits per heavy atom. The van der Waals surface area contributed by atoms with E-state index in [0.29, 0.717) is 6.04 Å². The summed E-state index contributed by atoms with van der Waals surface area (Å²) in [6, 6.07) is 0.690. The van der Waals surface area contributed by atoms with Crippen molar-refractivity contribution in [2.24, 2.45) is 17.8 Å². The molecule has 0 amide bonds. The molecule has 1 aliphatic heterocycles. The Kier molecular flexibility index (Phi) is 2.89. The molecular formula is C11H21NO. The molecule has 3 unspecified atom stereocenters. The lowest BCUT2D eigenvalue weighted by Crippen LogP contribution is -2.40. The minimum atomic E-state index is 0.690. The van der Waals surface area contributed by atoms with Gasteiger partial charge in [0.25, 0.3) is 0 Å². The first-order valence-corrected chi connectivity index (χ1v) is 5.58. The summed E-state index contributed by atoms with van der Waals surface area (Å²) < 4.78 is 5.45. The summed E-state index contributed by atoms with van der Waals surface area (Å²) in [6.45, 7) is 4.35. The molecular weight excluding hydrogens is 162 g/mol. The summed E-state index contributed by atoms with van der Waals surface area (Å²) in [6.07, 6.45) is 4.16. The molecule has 2 heteroatoms. The lowest BCUT2D eigenvalue weighted by molar-refractivity contribution is 0.165. The van der Waals surface area contributed by atoms with Crippen molar-refractivity contribution < 1.29 is 4.74 Å². The molecule has 1 N–H and O–H groups in total. The third kappa shape index (κ3) is 2.05. The Morgan fingerprint density at radius 3 is 2.46 bits per heavy atom. The Labute approximate surface area is 81.0 Å². The zero-order chi connectivity index (χ0) is 9.26. The summed E-state index contributed by atoms with van der Waals surface area (Å²) in [5, 5.41) is 3.49. The molecule has 2 fully saturated rings. The summed E-state index contributed by atoms with van der Waals surface area (Å²) in [4.78, 5) is 0. The monoisotopic (exact) mass is 183 g/mol. The zero-order valence-corrected chi connectivity index (χ0v) is 8.75. The molecule has 3 atom stereocenters. The first kappa shape index (κ1) is 9.47. The minimum absolute atomic E-state index is 0.690. The summed E-state index contributed by atoms with van der Waals surface area (Å²) in [7, 11) is 2.10. The van der Waals surface area contributed by atoms with E-state index in [-0.39, 0.29) is 0 Å². The van der Waals surface area contributed by atoms with Crippen LogP contribution < -0.4 is 5.32 Å². The highest BCUT2D eigenvalue weighted by atomic mass is 16.5. The smallest absolute Gasteiger partial charge is 0.0510 e. The Bertz CT molecular complexity index is 159. The third-order valence-corrected chi connectivity index (χ3v) is 3.74. The van der Waals surface area contributed by atoms with Gasteiger partial charge in [-0.2, -0.15) is 0 Å². The molecule has 76 valence electrons. The van der Waals surface area contributed by atoms with Gasteiger partial charge in [0.15, 0.2) is 0 Å². The maximum atomic E-state index is 5.45. The Balaban J connectivity index is 1.90. The molecule has 0 aromatic heterocycles. The lowest BCUT2D eigenvalue weighted by atomic mass is 9.86.